The Labute approximate surface area is 189 Å². The Kier molecular flexibility index (Phi) is 7.53. The van der Waals surface area contributed by atoms with Crippen LogP contribution in [0.25, 0.3) is 0 Å². The van der Waals surface area contributed by atoms with Gasteiger partial charge in [-0.3, -0.25) is 9.10 Å². The molecule has 0 aliphatic rings. The molecule has 7 heteroatoms. The maximum Gasteiger partial charge on any atom is 0.264 e. The Balaban J connectivity index is 1.69. The van der Waals surface area contributed by atoms with Gasteiger partial charge in [0.1, 0.15) is 18.9 Å². The molecule has 0 bridgehead atoms. The quantitative estimate of drug-likeness (QED) is 0.498. The van der Waals surface area contributed by atoms with Gasteiger partial charge in [0.25, 0.3) is 10.0 Å². The number of sulfonamides is 1. The molecule has 1 N–H and O–H groups in total. The fourth-order valence-corrected chi connectivity index (χ4v) is 4.72. The second kappa shape index (κ2) is 10.3. The third kappa shape index (κ3) is 5.68. The SMILES string of the molecule is Cc1ccc(OCCNC(=O)CN(c2ccccc2C)S(=O)(=O)c2ccccc2)cc1C. The minimum atomic E-state index is -3.91. The van der Waals surface area contributed by atoms with Gasteiger partial charge in [-0.05, 0) is 67.8 Å². The fourth-order valence-electron chi connectivity index (χ4n) is 3.21. The van der Waals surface area contributed by atoms with E-state index in [0.29, 0.717) is 5.69 Å². The first-order chi connectivity index (χ1) is 15.3. The number of carbonyl (C=O) groups excluding carboxylic acids is 1. The van der Waals surface area contributed by atoms with Crippen LogP contribution in [0.5, 0.6) is 5.75 Å². The van der Waals surface area contributed by atoms with Crippen LogP contribution in [0, 0.1) is 20.8 Å². The number of aryl methyl sites for hydroxylation is 3. The molecule has 1 amide bonds. The average molecular weight is 453 g/mol. The van der Waals surface area contributed by atoms with Gasteiger partial charge < -0.3 is 10.1 Å². The lowest BCUT2D eigenvalue weighted by atomic mass is 10.1. The summed E-state index contributed by atoms with van der Waals surface area (Å²) in [6.45, 7) is 6.08. The van der Waals surface area contributed by atoms with E-state index < -0.39 is 15.9 Å². The van der Waals surface area contributed by atoms with Crippen LogP contribution in [0.15, 0.2) is 77.7 Å². The highest BCUT2D eigenvalue weighted by molar-refractivity contribution is 7.92. The van der Waals surface area contributed by atoms with Crippen LogP contribution in [0.1, 0.15) is 16.7 Å². The van der Waals surface area contributed by atoms with Crippen LogP contribution in [0.4, 0.5) is 5.69 Å². The Morgan fingerprint density at radius 1 is 0.875 bits per heavy atom. The first kappa shape index (κ1) is 23.3. The second-order valence-electron chi connectivity index (χ2n) is 7.56. The third-order valence-corrected chi connectivity index (χ3v) is 6.95. The number of benzene rings is 3. The van der Waals surface area contributed by atoms with Crippen molar-refractivity contribution in [2.45, 2.75) is 25.7 Å². The zero-order valence-electron chi connectivity index (χ0n) is 18.5. The van der Waals surface area contributed by atoms with E-state index in [1.165, 1.54) is 17.7 Å². The van der Waals surface area contributed by atoms with Crippen molar-refractivity contribution in [3.05, 3.63) is 89.5 Å². The van der Waals surface area contributed by atoms with Crippen LogP contribution in [-0.2, 0) is 14.8 Å². The van der Waals surface area contributed by atoms with Crippen LogP contribution in [0.2, 0.25) is 0 Å². The summed E-state index contributed by atoms with van der Waals surface area (Å²) in [5, 5.41) is 2.75. The van der Waals surface area contributed by atoms with E-state index in [1.54, 1.807) is 30.3 Å². The fraction of sp³-hybridized carbons (Fsp3) is 0.240. The van der Waals surface area contributed by atoms with E-state index in [-0.39, 0.29) is 24.6 Å². The molecular formula is C25H28N2O4S. The number of anilines is 1. The molecule has 6 nitrogen and oxygen atoms in total. The van der Waals surface area contributed by atoms with E-state index in [9.17, 15) is 13.2 Å². The lowest BCUT2D eigenvalue weighted by Gasteiger charge is -2.25. The predicted octanol–water partition coefficient (Wildman–Crippen LogP) is 4.00. The number of amides is 1. The van der Waals surface area contributed by atoms with E-state index in [1.807, 2.05) is 51.1 Å². The first-order valence-electron chi connectivity index (χ1n) is 10.4. The van der Waals surface area contributed by atoms with Crippen molar-refractivity contribution in [1.82, 2.24) is 5.32 Å². The lowest BCUT2D eigenvalue weighted by molar-refractivity contribution is -0.119. The lowest BCUT2D eigenvalue weighted by Crippen LogP contribution is -2.42. The van der Waals surface area contributed by atoms with E-state index in [4.69, 9.17) is 4.74 Å². The zero-order chi connectivity index (χ0) is 23.1. The molecule has 168 valence electrons. The Bertz CT molecular complexity index is 1180. The third-order valence-electron chi connectivity index (χ3n) is 5.17. The van der Waals surface area contributed by atoms with Crippen LogP contribution in [0.3, 0.4) is 0 Å². The van der Waals surface area contributed by atoms with Crippen molar-refractivity contribution in [3.8, 4) is 5.75 Å². The molecule has 0 spiro atoms. The van der Waals surface area contributed by atoms with Gasteiger partial charge in [-0.1, -0.05) is 42.5 Å². The number of carbonyl (C=O) groups is 1. The van der Waals surface area contributed by atoms with Crippen LogP contribution < -0.4 is 14.4 Å². The van der Waals surface area contributed by atoms with Gasteiger partial charge in [-0.15, -0.1) is 0 Å². The summed E-state index contributed by atoms with van der Waals surface area (Å²) in [7, 11) is -3.91. The maximum atomic E-state index is 13.3. The standard InChI is InChI=1S/C25H28N2O4S/c1-19-13-14-22(17-21(19)3)31-16-15-26-25(28)18-27(24-12-8-7-9-20(24)2)32(29,30)23-10-5-4-6-11-23/h4-14,17H,15-16,18H2,1-3H3,(H,26,28). The first-order valence-corrected chi connectivity index (χ1v) is 11.8. The van der Waals surface area contributed by atoms with Gasteiger partial charge in [0.2, 0.25) is 5.91 Å². The number of rotatable bonds is 9. The number of ether oxygens (including phenoxy) is 1. The van der Waals surface area contributed by atoms with Gasteiger partial charge in [-0.2, -0.15) is 0 Å². The highest BCUT2D eigenvalue weighted by Crippen LogP contribution is 2.26. The highest BCUT2D eigenvalue weighted by atomic mass is 32.2. The van der Waals surface area contributed by atoms with Crippen molar-refractivity contribution < 1.29 is 17.9 Å². The molecule has 0 saturated heterocycles. The van der Waals surface area contributed by atoms with Crippen molar-refractivity contribution >= 4 is 21.6 Å². The van der Waals surface area contributed by atoms with Crippen molar-refractivity contribution in [2.24, 2.45) is 0 Å². The van der Waals surface area contributed by atoms with E-state index >= 15 is 0 Å². The van der Waals surface area contributed by atoms with Crippen molar-refractivity contribution in [2.75, 3.05) is 24.0 Å². The van der Waals surface area contributed by atoms with Crippen LogP contribution >= 0.6 is 0 Å². The zero-order valence-corrected chi connectivity index (χ0v) is 19.4. The molecule has 0 saturated carbocycles. The molecule has 0 unspecified atom stereocenters. The number of hydrogen-bond acceptors (Lipinski definition) is 4. The largest absolute Gasteiger partial charge is 0.492 e. The Morgan fingerprint density at radius 3 is 2.25 bits per heavy atom. The smallest absolute Gasteiger partial charge is 0.264 e. The van der Waals surface area contributed by atoms with Crippen LogP contribution in [-0.4, -0.2) is 34.0 Å². The summed E-state index contributed by atoms with van der Waals surface area (Å²) in [6.07, 6.45) is 0. The summed E-state index contributed by atoms with van der Waals surface area (Å²) in [5.74, 6) is 0.326. The molecule has 0 aromatic heterocycles. The predicted molar refractivity (Wildman–Crippen MR) is 127 cm³/mol. The number of nitrogens with zero attached hydrogens (tertiary/aromatic N) is 1. The molecule has 0 heterocycles. The second-order valence-corrected chi connectivity index (χ2v) is 9.42. The molecule has 32 heavy (non-hydrogen) atoms. The Morgan fingerprint density at radius 2 is 1.56 bits per heavy atom. The van der Waals surface area contributed by atoms with Crippen molar-refractivity contribution in [3.63, 3.8) is 0 Å². The highest BCUT2D eigenvalue weighted by Gasteiger charge is 2.27. The van der Waals surface area contributed by atoms with Gasteiger partial charge >= 0.3 is 0 Å². The van der Waals surface area contributed by atoms with Gasteiger partial charge in [0, 0.05) is 0 Å². The van der Waals surface area contributed by atoms with E-state index in [0.717, 1.165) is 21.2 Å². The molecule has 0 radical (unpaired) electrons. The summed E-state index contributed by atoms with van der Waals surface area (Å²) < 4.78 is 33.5. The molecule has 0 aliphatic carbocycles. The molecule has 3 aromatic rings. The molecule has 0 aliphatic heterocycles. The molecule has 3 aromatic carbocycles. The van der Waals surface area contributed by atoms with Gasteiger partial charge in [0.05, 0.1) is 17.1 Å². The average Bonchev–Trinajstić information content (AvgIpc) is 2.78. The topological polar surface area (TPSA) is 75.7 Å². The molecule has 3 rings (SSSR count). The monoisotopic (exact) mass is 452 g/mol. The Hall–Kier alpha value is -3.32. The number of para-hydroxylation sites is 1. The van der Waals surface area contributed by atoms with Crippen molar-refractivity contribution in [1.29, 1.82) is 0 Å². The molecular weight excluding hydrogens is 424 g/mol. The van der Waals surface area contributed by atoms with Gasteiger partial charge in [0.15, 0.2) is 0 Å². The summed E-state index contributed by atoms with van der Waals surface area (Å²) >= 11 is 0. The summed E-state index contributed by atoms with van der Waals surface area (Å²) in [5.41, 5.74) is 3.55. The summed E-state index contributed by atoms with van der Waals surface area (Å²) in [4.78, 5) is 12.8. The normalized spacial score (nSPS) is 11.1. The van der Waals surface area contributed by atoms with E-state index in [2.05, 4.69) is 5.32 Å². The summed E-state index contributed by atoms with van der Waals surface area (Å²) in [6, 6.07) is 21.0. The molecule has 0 fully saturated rings. The number of nitrogens with one attached hydrogen (secondary N) is 1. The van der Waals surface area contributed by atoms with Gasteiger partial charge in [-0.25, -0.2) is 8.42 Å². The maximum absolute atomic E-state index is 13.3. The minimum Gasteiger partial charge on any atom is -0.492 e. The molecule has 0 atom stereocenters. The number of hydrogen-bond donors (Lipinski definition) is 1. The minimum absolute atomic E-state index is 0.133.